The summed E-state index contributed by atoms with van der Waals surface area (Å²) in [6.45, 7) is 8.30. The predicted molar refractivity (Wildman–Crippen MR) is 50.3 cm³/mol. The molecule has 0 aliphatic heterocycles. The molecule has 1 atom stereocenters. The normalized spacial score (nSPS) is 16.5. The van der Waals surface area contributed by atoms with E-state index in [1.165, 1.54) is 0 Å². The zero-order chi connectivity index (χ0) is 9.07. The van der Waals surface area contributed by atoms with Gasteiger partial charge < -0.3 is 10.7 Å². The maximum Gasteiger partial charge on any atom is 0.0530 e. The van der Waals surface area contributed by atoms with Crippen molar-refractivity contribution in [2.45, 2.75) is 39.7 Å². The van der Waals surface area contributed by atoms with E-state index in [9.17, 15) is 0 Å². The zero-order valence-electron chi connectivity index (χ0n) is 8.28. The van der Waals surface area contributed by atoms with Crippen molar-refractivity contribution in [1.82, 2.24) is 5.32 Å². The van der Waals surface area contributed by atoms with Gasteiger partial charge in [-0.05, 0) is 33.2 Å². The molecule has 2 heteroatoms. The van der Waals surface area contributed by atoms with E-state index in [0.717, 1.165) is 6.42 Å². The average Bonchev–Trinajstić information content (AvgIpc) is 1.86. The molecular formula is C9H20N2. The summed E-state index contributed by atoms with van der Waals surface area (Å²) < 4.78 is 0. The summed E-state index contributed by atoms with van der Waals surface area (Å²) in [6.07, 6.45) is 1.03. The molecule has 0 fully saturated rings. The van der Waals surface area contributed by atoms with Gasteiger partial charge in [0.15, 0.2) is 0 Å². The lowest BCUT2D eigenvalue weighted by atomic mass is 9.87. The van der Waals surface area contributed by atoms with Crippen LogP contribution >= 0.6 is 0 Å². The van der Waals surface area contributed by atoms with Crippen LogP contribution in [0.15, 0.2) is 0 Å². The van der Waals surface area contributed by atoms with E-state index in [-0.39, 0.29) is 5.54 Å². The highest BCUT2D eigenvalue weighted by Gasteiger charge is 2.25. The van der Waals surface area contributed by atoms with Gasteiger partial charge in [-0.1, -0.05) is 13.8 Å². The maximum atomic E-state index is 7.58. The molecular weight excluding hydrogens is 136 g/mol. The quantitative estimate of drug-likeness (QED) is 0.600. The summed E-state index contributed by atoms with van der Waals surface area (Å²) in [5.74, 6) is 0.632. The lowest BCUT2D eigenvalue weighted by Crippen LogP contribution is -2.46. The average molecular weight is 156 g/mol. The molecule has 0 aromatic rings. The van der Waals surface area contributed by atoms with Crippen molar-refractivity contribution in [3.8, 4) is 0 Å². The second-order valence-electron chi connectivity index (χ2n) is 3.81. The second-order valence-corrected chi connectivity index (χ2v) is 3.81. The van der Waals surface area contributed by atoms with Crippen LogP contribution in [0.25, 0.3) is 0 Å². The van der Waals surface area contributed by atoms with Gasteiger partial charge in [0.2, 0.25) is 0 Å². The SMILES string of the molecule is CN[C@@](C)(CC(C)C)C(C)=N. The maximum absolute atomic E-state index is 7.58. The fourth-order valence-electron chi connectivity index (χ4n) is 1.26. The molecule has 0 saturated heterocycles. The van der Waals surface area contributed by atoms with Gasteiger partial charge in [-0.3, -0.25) is 0 Å². The fourth-order valence-corrected chi connectivity index (χ4v) is 1.26. The van der Waals surface area contributed by atoms with E-state index < -0.39 is 0 Å². The van der Waals surface area contributed by atoms with E-state index in [1.54, 1.807) is 0 Å². The molecule has 0 spiro atoms. The highest BCUT2D eigenvalue weighted by molar-refractivity contribution is 5.88. The van der Waals surface area contributed by atoms with Crippen molar-refractivity contribution in [3.05, 3.63) is 0 Å². The van der Waals surface area contributed by atoms with Crippen LogP contribution in [0.3, 0.4) is 0 Å². The summed E-state index contributed by atoms with van der Waals surface area (Å²) in [5.41, 5.74) is 0.613. The summed E-state index contributed by atoms with van der Waals surface area (Å²) in [5, 5.41) is 10.8. The fraction of sp³-hybridized carbons (Fsp3) is 0.889. The second kappa shape index (κ2) is 3.86. The van der Waals surface area contributed by atoms with Gasteiger partial charge >= 0.3 is 0 Å². The van der Waals surface area contributed by atoms with Crippen molar-refractivity contribution in [2.75, 3.05) is 7.05 Å². The van der Waals surface area contributed by atoms with Crippen molar-refractivity contribution < 1.29 is 0 Å². The number of hydrogen-bond donors (Lipinski definition) is 2. The van der Waals surface area contributed by atoms with E-state index in [4.69, 9.17) is 5.41 Å². The first-order valence-corrected chi connectivity index (χ1v) is 4.17. The molecule has 0 aromatic heterocycles. The van der Waals surface area contributed by atoms with Gasteiger partial charge in [0, 0.05) is 5.71 Å². The first-order valence-electron chi connectivity index (χ1n) is 4.17. The lowest BCUT2D eigenvalue weighted by Gasteiger charge is -2.30. The Kier molecular flexibility index (Phi) is 3.73. The third-order valence-electron chi connectivity index (χ3n) is 2.20. The van der Waals surface area contributed by atoms with Crippen LogP contribution in [0.2, 0.25) is 0 Å². The summed E-state index contributed by atoms with van der Waals surface area (Å²) in [6, 6.07) is 0. The zero-order valence-corrected chi connectivity index (χ0v) is 8.28. The Balaban J connectivity index is 4.22. The van der Waals surface area contributed by atoms with Crippen molar-refractivity contribution in [2.24, 2.45) is 5.92 Å². The van der Waals surface area contributed by atoms with Crippen LogP contribution < -0.4 is 5.32 Å². The van der Waals surface area contributed by atoms with Crippen LogP contribution in [0.1, 0.15) is 34.1 Å². The molecule has 0 bridgehead atoms. The molecule has 0 amide bonds. The number of rotatable bonds is 4. The van der Waals surface area contributed by atoms with Gasteiger partial charge in [0.25, 0.3) is 0 Å². The van der Waals surface area contributed by atoms with Gasteiger partial charge in [-0.2, -0.15) is 0 Å². The monoisotopic (exact) mass is 156 g/mol. The molecule has 0 aromatic carbocycles. The van der Waals surface area contributed by atoms with Crippen molar-refractivity contribution >= 4 is 5.71 Å². The molecule has 0 saturated carbocycles. The van der Waals surface area contributed by atoms with Crippen molar-refractivity contribution in [3.63, 3.8) is 0 Å². The molecule has 0 unspecified atom stereocenters. The van der Waals surface area contributed by atoms with Crippen LogP contribution in [-0.2, 0) is 0 Å². The highest BCUT2D eigenvalue weighted by Crippen LogP contribution is 2.16. The van der Waals surface area contributed by atoms with Crippen LogP contribution in [0.5, 0.6) is 0 Å². The third kappa shape index (κ3) is 3.02. The Morgan fingerprint density at radius 2 is 2.00 bits per heavy atom. The van der Waals surface area contributed by atoms with Crippen molar-refractivity contribution in [1.29, 1.82) is 5.41 Å². The van der Waals surface area contributed by atoms with Gasteiger partial charge in [-0.15, -0.1) is 0 Å². The van der Waals surface area contributed by atoms with E-state index >= 15 is 0 Å². The first-order chi connectivity index (χ1) is 4.92. The first kappa shape index (κ1) is 10.6. The Hall–Kier alpha value is -0.370. The van der Waals surface area contributed by atoms with Crippen LogP contribution in [0, 0.1) is 11.3 Å². The molecule has 2 nitrogen and oxygen atoms in total. The molecule has 2 N–H and O–H groups in total. The van der Waals surface area contributed by atoms with Gasteiger partial charge in [0.1, 0.15) is 0 Å². The largest absolute Gasteiger partial charge is 0.310 e. The minimum atomic E-state index is -0.103. The Morgan fingerprint density at radius 3 is 2.09 bits per heavy atom. The summed E-state index contributed by atoms with van der Waals surface area (Å²) in [4.78, 5) is 0. The topological polar surface area (TPSA) is 35.9 Å². The van der Waals surface area contributed by atoms with E-state index in [2.05, 4.69) is 26.1 Å². The van der Waals surface area contributed by atoms with Crippen LogP contribution in [0.4, 0.5) is 0 Å². The Morgan fingerprint density at radius 1 is 1.55 bits per heavy atom. The molecule has 0 rings (SSSR count). The van der Waals surface area contributed by atoms with E-state index in [1.807, 2.05) is 14.0 Å². The Labute approximate surface area is 69.9 Å². The predicted octanol–water partition coefficient (Wildman–Crippen LogP) is 2.05. The minimum Gasteiger partial charge on any atom is -0.310 e. The Bertz CT molecular complexity index is 140. The highest BCUT2D eigenvalue weighted by atomic mass is 14.9. The molecule has 0 radical (unpaired) electrons. The molecule has 0 aliphatic carbocycles. The summed E-state index contributed by atoms with van der Waals surface area (Å²) >= 11 is 0. The van der Waals surface area contributed by atoms with Crippen LogP contribution in [-0.4, -0.2) is 18.3 Å². The van der Waals surface area contributed by atoms with Gasteiger partial charge in [-0.25, -0.2) is 0 Å². The molecule has 0 heterocycles. The smallest absolute Gasteiger partial charge is 0.0530 e. The molecule has 11 heavy (non-hydrogen) atoms. The van der Waals surface area contributed by atoms with E-state index in [0.29, 0.717) is 11.6 Å². The standard InChI is InChI=1S/C9H20N2/c1-7(2)6-9(4,11-5)8(3)10/h7,10-11H,6H2,1-5H3/t9-/m0/s1. The number of nitrogens with one attached hydrogen (secondary N) is 2. The minimum absolute atomic E-state index is 0.103. The third-order valence-corrected chi connectivity index (χ3v) is 2.20. The summed E-state index contributed by atoms with van der Waals surface area (Å²) in [7, 11) is 1.92. The number of hydrogen-bond acceptors (Lipinski definition) is 2. The molecule has 0 aliphatic rings. The van der Waals surface area contributed by atoms with Gasteiger partial charge in [0.05, 0.1) is 5.54 Å². The lowest BCUT2D eigenvalue weighted by molar-refractivity contribution is 0.401. The molecule has 66 valence electrons.